The van der Waals surface area contributed by atoms with Gasteiger partial charge in [-0.2, -0.15) is 0 Å². The van der Waals surface area contributed by atoms with Crippen LogP contribution in [0.5, 0.6) is 5.75 Å². The number of nitrogens with zero attached hydrogens (tertiary/aromatic N) is 1. The Balaban J connectivity index is 1.53. The Bertz CT molecular complexity index is 1140. The molecular weight excluding hydrogens is 425 g/mol. The molecule has 144 valence electrons. The quantitative estimate of drug-likeness (QED) is 0.305. The molecule has 4 rings (SSSR count). The molecule has 0 spiro atoms. The van der Waals surface area contributed by atoms with Gasteiger partial charge in [-0.05, 0) is 30.3 Å². The van der Waals surface area contributed by atoms with Gasteiger partial charge in [0.05, 0.1) is 11.3 Å². The number of rotatable bonds is 6. The molecule has 0 fully saturated rings. The highest BCUT2D eigenvalue weighted by Gasteiger charge is 2.16. The van der Waals surface area contributed by atoms with Gasteiger partial charge in [-0.15, -0.1) is 11.3 Å². The van der Waals surface area contributed by atoms with Crippen molar-refractivity contribution in [2.45, 2.75) is 6.61 Å². The zero-order chi connectivity index (χ0) is 20.2. The first-order valence-corrected chi connectivity index (χ1v) is 10.5. The molecule has 0 atom stereocenters. The second-order valence-corrected chi connectivity index (χ2v) is 8.07. The van der Waals surface area contributed by atoms with Gasteiger partial charge in [-0.25, -0.2) is 4.98 Å². The molecule has 0 amide bonds. The Labute approximate surface area is 182 Å². The van der Waals surface area contributed by atoms with E-state index in [2.05, 4.69) is 4.98 Å². The van der Waals surface area contributed by atoms with Gasteiger partial charge in [0.25, 0.3) is 0 Å². The molecule has 0 unspecified atom stereocenters. The third-order valence-electron chi connectivity index (χ3n) is 4.27. The van der Waals surface area contributed by atoms with E-state index in [4.69, 9.17) is 27.9 Å². The summed E-state index contributed by atoms with van der Waals surface area (Å²) in [6.45, 7) is 0.259. The highest BCUT2D eigenvalue weighted by atomic mass is 35.5. The fraction of sp³-hybridized carbons (Fsp3) is 0.0435. The highest BCUT2D eigenvalue weighted by molar-refractivity contribution is 7.09. The van der Waals surface area contributed by atoms with Crippen LogP contribution in [0, 0.1) is 0 Å². The molecule has 0 aliphatic rings. The molecule has 29 heavy (non-hydrogen) atoms. The predicted molar refractivity (Wildman–Crippen MR) is 118 cm³/mol. The van der Waals surface area contributed by atoms with Crippen LogP contribution < -0.4 is 4.74 Å². The molecule has 1 heterocycles. The number of ketones is 1. The number of hydrogen-bond donors (Lipinski definition) is 0. The first-order chi connectivity index (χ1) is 14.1. The molecule has 3 nitrogen and oxygen atoms in total. The summed E-state index contributed by atoms with van der Waals surface area (Å²) < 4.78 is 5.94. The standard InChI is InChI=1S/C23H15Cl2NO2S/c24-17-8-6-15(7-9-17)20-14-29-22(26-20)13-28-21-11-10-18(25)12-19(21)23(27)16-4-2-1-3-5-16/h1-12,14H,13H2. The van der Waals surface area contributed by atoms with Crippen LogP contribution in [-0.4, -0.2) is 10.8 Å². The van der Waals surface area contributed by atoms with Crippen LogP contribution in [0.4, 0.5) is 0 Å². The van der Waals surface area contributed by atoms with Gasteiger partial charge >= 0.3 is 0 Å². The van der Waals surface area contributed by atoms with Gasteiger partial charge in [-0.1, -0.05) is 65.7 Å². The molecular formula is C23H15Cl2NO2S. The molecule has 0 N–H and O–H groups in total. The van der Waals surface area contributed by atoms with E-state index >= 15 is 0 Å². The normalized spacial score (nSPS) is 10.7. The van der Waals surface area contributed by atoms with Gasteiger partial charge in [-0.3, -0.25) is 4.79 Å². The summed E-state index contributed by atoms with van der Waals surface area (Å²) in [6, 6.07) is 21.6. The average molecular weight is 440 g/mol. The molecule has 0 saturated heterocycles. The molecule has 0 radical (unpaired) electrons. The number of carbonyl (C=O) groups is 1. The monoisotopic (exact) mass is 439 g/mol. The van der Waals surface area contributed by atoms with Crippen LogP contribution in [0.25, 0.3) is 11.3 Å². The largest absolute Gasteiger partial charge is 0.486 e. The first-order valence-electron chi connectivity index (χ1n) is 8.82. The predicted octanol–water partition coefficient (Wildman–Crippen LogP) is 6.93. The topological polar surface area (TPSA) is 39.2 Å². The zero-order valence-electron chi connectivity index (χ0n) is 15.1. The molecule has 0 saturated carbocycles. The van der Waals surface area contributed by atoms with Crippen molar-refractivity contribution in [1.82, 2.24) is 4.98 Å². The summed E-state index contributed by atoms with van der Waals surface area (Å²) in [7, 11) is 0. The van der Waals surface area contributed by atoms with Crippen LogP contribution >= 0.6 is 34.5 Å². The number of carbonyl (C=O) groups excluding carboxylic acids is 1. The van der Waals surface area contributed by atoms with Crippen molar-refractivity contribution in [2.75, 3.05) is 0 Å². The van der Waals surface area contributed by atoms with Crippen LogP contribution in [0.1, 0.15) is 20.9 Å². The van der Waals surface area contributed by atoms with Crippen molar-refractivity contribution in [3.63, 3.8) is 0 Å². The van der Waals surface area contributed by atoms with Crippen molar-refractivity contribution >= 4 is 40.3 Å². The maximum Gasteiger partial charge on any atom is 0.196 e. The molecule has 0 bridgehead atoms. The lowest BCUT2D eigenvalue weighted by atomic mass is 10.0. The number of hydrogen-bond acceptors (Lipinski definition) is 4. The second kappa shape index (κ2) is 8.78. The minimum atomic E-state index is -0.135. The summed E-state index contributed by atoms with van der Waals surface area (Å²) in [5.74, 6) is 0.343. The molecule has 0 aliphatic carbocycles. The molecule has 0 aliphatic heterocycles. The number of aromatic nitrogens is 1. The van der Waals surface area contributed by atoms with Crippen molar-refractivity contribution in [3.8, 4) is 17.0 Å². The van der Waals surface area contributed by atoms with Gasteiger partial charge in [0.15, 0.2) is 5.78 Å². The van der Waals surface area contributed by atoms with Gasteiger partial charge in [0, 0.05) is 26.6 Å². The average Bonchev–Trinajstić information content (AvgIpc) is 3.22. The lowest BCUT2D eigenvalue weighted by molar-refractivity contribution is 0.103. The maximum absolute atomic E-state index is 12.9. The van der Waals surface area contributed by atoms with Crippen LogP contribution in [0.2, 0.25) is 10.0 Å². The minimum Gasteiger partial charge on any atom is -0.486 e. The molecule has 6 heteroatoms. The Morgan fingerprint density at radius 2 is 1.66 bits per heavy atom. The fourth-order valence-electron chi connectivity index (χ4n) is 2.82. The number of halogens is 2. The van der Waals surface area contributed by atoms with Crippen LogP contribution in [-0.2, 0) is 6.61 Å². The van der Waals surface area contributed by atoms with Gasteiger partial charge in [0.2, 0.25) is 0 Å². The van der Waals surface area contributed by atoms with Gasteiger partial charge in [0.1, 0.15) is 17.4 Å². The smallest absolute Gasteiger partial charge is 0.196 e. The summed E-state index contributed by atoms with van der Waals surface area (Å²) in [4.78, 5) is 17.5. The lowest BCUT2D eigenvalue weighted by Gasteiger charge is -2.10. The Kier molecular flexibility index (Phi) is 5.95. The summed E-state index contributed by atoms with van der Waals surface area (Å²) in [5, 5.41) is 3.95. The Hall–Kier alpha value is -2.66. The number of ether oxygens (including phenoxy) is 1. The zero-order valence-corrected chi connectivity index (χ0v) is 17.5. The van der Waals surface area contributed by atoms with E-state index in [1.54, 1.807) is 30.3 Å². The highest BCUT2D eigenvalue weighted by Crippen LogP contribution is 2.28. The van der Waals surface area contributed by atoms with Gasteiger partial charge < -0.3 is 4.74 Å². The van der Waals surface area contributed by atoms with E-state index in [1.807, 2.05) is 47.8 Å². The maximum atomic E-state index is 12.9. The molecule has 1 aromatic heterocycles. The summed E-state index contributed by atoms with van der Waals surface area (Å²) in [6.07, 6.45) is 0. The van der Waals surface area contributed by atoms with E-state index in [1.165, 1.54) is 11.3 Å². The van der Waals surface area contributed by atoms with E-state index < -0.39 is 0 Å². The fourth-order valence-corrected chi connectivity index (χ4v) is 3.83. The number of thiazole rings is 1. The van der Waals surface area contributed by atoms with Crippen molar-refractivity contribution < 1.29 is 9.53 Å². The SMILES string of the molecule is O=C(c1ccccc1)c1cc(Cl)ccc1OCc1nc(-c2ccc(Cl)cc2)cs1. The first kappa shape index (κ1) is 19.6. The van der Waals surface area contributed by atoms with E-state index in [9.17, 15) is 4.79 Å². The Morgan fingerprint density at radius 1 is 0.931 bits per heavy atom. The van der Waals surface area contributed by atoms with Crippen LogP contribution in [0.3, 0.4) is 0 Å². The Morgan fingerprint density at radius 3 is 2.41 bits per heavy atom. The third kappa shape index (κ3) is 4.67. The summed E-state index contributed by atoms with van der Waals surface area (Å²) >= 11 is 13.6. The van der Waals surface area contributed by atoms with E-state index in [0.717, 1.165) is 16.3 Å². The summed E-state index contributed by atoms with van der Waals surface area (Å²) in [5.41, 5.74) is 2.86. The van der Waals surface area contributed by atoms with Crippen molar-refractivity contribution in [1.29, 1.82) is 0 Å². The lowest BCUT2D eigenvalue weighted by Crippen LogP contribution is -2.05. The minimum absolute atomic E-state index is 0.135. The van der Waals surface area contributed by atoms with Crippen molar-refractivity contribution in [3.05, 3.63) is 104 Å². The molecule has 4 aromatic rings. The van der Waals surface area contributed by atoms with Crippen LogP contribution in [0.15, 0.2) is 78.2 Å². The third-order valence-corrected chi connectivity index (χ3v) is 5.57. The van der Waals surface area contributed by atoms with E-state index in [0.29, 0.717) is 26.9 Å². The second-order valence-electron chi connectivity index (χ2n) is 6.26. The van der Waals surface area contributed by atoms with Crippen molar-refractivity contribution in [2.24, 2.45) is 0 Å². The molecule has 3 aromatic carbocycles. The van der Waals surface area contributed by atoms with E-state index in [-0.39, 0.29) is 12.4 Å². The number of benzene rings is 3.